The van der Waals surface area contributed by atoms with Gasteiger partial charge in [0.25, 0.3) is 0 Å². The standard InChI is InChI=1S/C32H54O4/c1-9-35-25(18(2)3)20-16-19(4)24-26(36-20)27(34)30(8)22-11-10-21-28(5,6)23(33)12-13-31(21)17-32(22,31)15-14-29(24,30)7/h18-27,33-34H,9-17H2,1-8H3/t19-,20?,21+,22+,23?,24+,25-,26?,27+,29-,30-,31-,32+/m1/s1. The van der Waals surface area contributed by atoms with E-state index in [4.69, 9.17) is 9.47 Å². The first-order chi connectivity index (χ1) is 16.8. The lowest BCUT2D eigenvalue weighted by atomic mass is 9.41. The maximum atomic E-state index is 12.3. The van der Waals surface area contributed by atoms with Gasteiger partial charge in [0.15, 0.2) is 0 Å². The Kier molecular flexibility index (Phi) is 5.76. The second-order valence-corrected chi connectivity index (χ2v) is 15.7. The van der Waals surface area contributed by atoms with Crippen molar-refractivity contribution in [1.29, 1.82) is 0 Å². The summed E-state index contributed by atoms with van der Waals surface area (Å²) in [6.07, 6.45) is 8.96. The minimum absolute atomic E-state index is 0.00658. The molecule has 2 N–H and O–H groups in total. The molecule has 13 atom stereocenters. The number of hydrogen-bond acceptors (Lipinski definition) is 4. The molecule has 36 heavy (non-hydrogen) atoms. The van der Waals surface area contributed by atoms with Crippen molar-refractivity contribution in [3.05, 3.63) is 0 Å². The molecule has 4 heteroatoms. The molecule has 1 saturated heterocycles. The molecule has 1 aliphatic heterocycles. The van der Waals surface area contributed by atoms with Crippen LogP contribution >= 0.6 is 0 Å². The van der Waals surface area contributed by atoms with Gasteiger partial charge >= 0.3 is 0 Å². The van der Waals surface area contributed by atoms with E-state index in [9.17, 15) is 10.2 Å². The van der Waals surface area contributed by atoms with Gasteiger partial charge in [-0.05, 0) is 110 Å². The SMILES string of the molecule is CCO[C@H](C(C)C)C1C[C@@H](C)[C@H]2C(O1)[C@H](O)[C@@]1(C)[C@@H]3CC[C@H]4C(C)(C)C(O)CC[C@@]45C[C@@]35CC[C@]21C. The summed E-state index contributed by atoms with van der Waals surface area (Å²) >= 11 is 0. The van der Waals surface area contributed by atoms with Crippen molar-refractivity contribution < 1.29 is 19.7 Å². The zero-order chi connectivity index (χ0) is 26.1. The van der Waals surface area contributed by atoms with Crippen LogP contribution in [0.1, 0.15) is 107 Å². The van der Waals surface area contributed by atoms with Gasteiger partial charge in [-0.2, -0.15) is 0 Å². The van der Waals surface area contributed by atoms with E-state index < -0.39 is 6.10 Å². The van der Waals surface area contributed by atoms with Crippen molar-refractivity contribution >= 4 is 0 Å². The van der Waals surface area contributed by atoms with Crippen molar-refractivity contribution in [3.8, 4) is 0 Å². The highest BCUT2D eigenvalue weighted by Crippen LogP contribution is 2.89. The molecule has 0 aromatic rings. The minimum atomic E-state index is -0.411. The summed E-state index contributed by atoms with van der Waals surface area (Å²) in [5.74, 6) is 2.53. The van der Waals surface area contributed by atoms with Crippen molar-refractivity contribution in [2.45, 2.75) is 137 Å². The van der Waals surface area contributed by atoms with Gasteiger partial charge in [0, 0.05) is 12.0 Å². The monoisotopic (exact) mass is 502 g/mol. The topological polar surface area (TPSA) is 58.9 Å². The highest BCUT2D eigenvalue weighted by Gasteiger charge is 2.84. The third-order valence-corrected chi connectivity index (χ3v) is 14.2. The third kappa shape index (κ3) is 2.87. The Morgan fingerprint density at radius 3 is 2.28 bits per heavy atom. The predicted octanol–water partition coefficient (Wildman–Crippen LogP) is 6.22. The first kappa shape index (κ1) is 26.1. The van der Waals surface area contributed by atoms with E-state index in [0.717, 1.165) is 12.8 Å². The number of aliphatic hydroxyl groups excluding tert-OH is 2. The van der Waals surface area contributed by atoms with Crippen LogP contribution in [0.5, 0.6) is 0 Å². The molecule has 6 aliphatic rings. The highest BCUT2D eigenvalue weighted by atomic mass is 16.6. The molecule has 0 aromatic heterocycles. The normalized spacial score (nSPS) is 57.8. The largest absolute Gasteiger partial charge is 0.393 e. The smallest absolute Gasteiger partial charge is 0.0880 e. The molecule has 2 spiro atoms. The Bertz CT molecular complexity index is 885. The summed E-state index contributed by atoms with van der Waals surface area (Å²) in [5.41, 5.74) is 0.758. The molecule has 0 radical (unpaired) electrons. The van der Waals surface area contributed by atoms with E-state index in [-0.39, 0.29) is 40.7 Å². The van der Waals surface area contributed by atoms with Gasteiger partial charge in [-0.1, -0.05) is 48.5 Å². The van der Waals surface area contributed by atoms with Crippen molar-refractivity contribution in [3.63, 3.8) is 0 Å². The quantitative estimate of drug-likeness (QED) is 0.479. The molecule has 4 nitrogen and oxygen atoms in total. The van der Waals surface area contributed by atoms with E-state index >= 15 is 0 Å². The van der Waals surface area contributed by atoms with E-state index in [1.807, 2.05) is 0 Å². The molecule has 0 amide bonds. The fraction of sp³-hybridized carbons (Fsp3) is 1.00. The van der Waals surface area contributed by atoms with Crippen LogP contribution in [0.2, 0.25) is 0 Å². The van der Waals surface area contributed by atoms with Crippen LogP contribution in [0.25, 0.3) is 0 Å². The zero-order valence-corrected chi connectivity index (χ0v) is 24.3. The highest BCUT2D eigenvalue weighted by molar-refractivity contribution is 5.32. The lowest BCUT2D eigenvalue weighted by molar-refractivity contribution is -0.190. The molecule has 3 unspecified atom stereocenters. The van der Waals surface area contributed by atoms with Crippen LogP contribution in [-0.4, -0.2) is 47.3 Å². The summed E-state index contributed by atoms with van der Waals surface area (Å²) in [7, 11) is 0. The Labute approximate surface area is 220 Å². The van der Waals surface area contributed by atoms with Crippen LogP contribution in [0.3, 0.4) is 0 Å². The average Bonchev–Trinajstić information content (AvgIpc) is 3.45. The van der Waals surface area contributed by atoms with Gasteiger partial charge in [0.2, 0.25) is 0 Å². The molecular formula is C32H54O4. The second-order valence-electron chi connectivity index (χ2n) is 15.7. The lowest BCUT2D eigenvalue weighted by Gasteiger charge is -2.63. The summed E-state index contributed by atoms with van der Waals surface area (Å²) in [6.45, 7) is 19.4. The third-order valence-electron chi connectivity index (χ3n) is 14.2. The summed E-state index contributed by atoms with van der Waals surface area (Å²) < 4.78 is 13.2. The molecular weight excluding hydrogens is 448 g/mol. The van der Waals surface area contributed by atoms with Gasteiger partial charge in [0.05, 0.1) is 30.5 Å². The second kappa shape index (κ2) is 7.95. The summed E-state index contributed by atoms with van der Waals surface area (Å²) in [6, 6.07) is 0. The maximum Gasteiger partial charge on any atom is 0.0880 e. The van der Waals surface area contributed by atoms with Crippen LogP contribution in [-0.2, 0) is 9.47 Å². The van der Waals surface area contributed by atoms with Crippen LogP contribution < -0.4 is 0 Å². The van der Waals surface area contributed by atoms with E-state index in [1.165, 1.54) is 38.5 Å². The van der Waals surface area contributed by atoms with Crippen LogP contribution in [0.15, 0.2) is 0 Å². The van der Waals surface area contributed by atoms with E-state index in [0.29, 0.717) is 47.0 Å². The molecule has 0 bridgehead atoms. The number of fused-ring (bicyclic) bond motifs is 4. The predicted molar refractivity (Wildman–Crippen MR) is 142 cm³/mol. The number of hydrogen-bond donors (Lipinski definition) is 2. The number of rotatable bonds is 4. The van der Waals surface area contributed by atoms with Crippen molar-refractivity contribution in [2.75, 3.05) is 6.61 Å². The maximum absolute atomic E-state index is 12.3. The molecule has 5 saturated carbocycles. The lowest BCUT2D eigenvalue weighted by Crippen LogP contribution is -2.59. The first-order valence-electron chi connectivity index (χ1n) is 15.4. The minimum Gasteiger partial charge on any atom is -0.393 e. The number of aliphatic hydroxyl groups is 2. The van der Waals surface area contributed by atoms with Crippen LogP contribution in [0, 0.1) is 56.7 Å². The Morgan fingerprint density at radius 1 is 0.944 bits per heavy atom. The summed E-state index contributed by atoms with van der Waals surface area (Å²) in [5, 5.41) is 23.3. The van der Waals surface area contributed by atoms with Gasteiger partial charge in [0.1, 0.15) is 0 Å². The van der Waals surface area contributed by atoms with Crippen molar-refractivity contribution in [1.82, 2.24) is 0 Å². The molecule has 1 heterocycles. The fourth-order valence-corrected chi connectivity index (χ4v) is 12.5. The molecule has 0 aromatic carbocycles. The van der Waals surface area contributed by atoms with Crippen LogP contribution in [0.4, 0.5) is 0 Å². The first-order valence-corrected chi connectivity index (χ1v) is 15.4. The average molecular weight is 503 g/mol. The fourth-order valence-electron chi connectivity index (χ4n) is 12.5. The molecule has 6 fully saturated rings. The van der Waals surface area contributed by atoms with Gasteiger partial charge in [-0.25, -0.2) is 0 Å². The van der Waals surface area contributed by atoms with Gasteiger partial charge in [-0.15, -0.1) is 0 Å². The summed E-state index contributed by atoms with van der Waals surface area (Å²) in [4.78, 5) is 0. The molecule has 206 valence electrons. The number of ether oxygens (including phenoxy) is 2. The Morgan fingerprint density at radius 2 is 1.61 bits per heavy atom. The van der Waals surface area contributed by atoms with E-state index in [2.05, 4.69) is 55.4 Å². The molecule has 5 aliphatic carbocycles. The Balaban J connectivity index is 1.35. The van der Waals surface area contributed by atoms with Crippen molar-refractivity contribution in [2.24, 2.45) is 56.7 Å². The molecule has 6 rings (SSSR count). The zero-order valence-electron chi connectivity index (χ0n) is 24.3. The van der Waals surface area contributed by atoms with Gasteiger partial charge < -0.3 is 19.7 Å². The van der Waals surface area contributed by atoms with E-state index in [1.54, 1.807) is 0 Å². The van der Waals surface area contributed by atoms with Gasteiger partial charge in [-0.3, -0.25) is 0 Å². The Hall–Kier alpha value is -0.160.